The smallest absolute Gasteiger partial charge is 0.263 e. The van der Waals surface area contributed by atoms with E-state index < -0.39 is 0 Å². The van der Waals surface area contributed by atoms with E-state index in [1.807, 2.05) is 24.3 Å². The Kier molecular flexibility index (Phi) is 4.66. The zero-order valence-electron chi connectivity index (χ0n) is 17.1. The average molecular weight is 418 g/mol. The first-order valence-electron chi connectivity index (χ1n) is 10.2. The van der Waals surface area contributed by atoms with Gasteiger partial charge in [0.05, 0.1) is 6.54 Å². The molecule has 7 heteroatoms. The fraction of sp³-hybridized carbons (Fsp3) is 0.250. The Labute approximate surface area is 179 Å². The van der Waals surface area contributed by atoms with Gasteiger partial charge in [-0.05, 0) is 65.9 Å². The summed E-state index contributed by atoms with van der Waals surface area (Å²) in [6.45, 7) is 3.21. The quantitative estimate of drug-likeness (QED) is 0.708. The van der Waals surface area contributed by atoms with Crippen LogP contribution >= 0.6 is 0 Å². The number of carbonyl (C=O) groups is 1. The molecule has 3 heterocycles. The zero-order valence-corrected chi connectivity index (χ0v) is 17.1. The van der Waals surface area contributed by atoms with Crippen molar-refractivity contribution in [3.63, 3.8) is 0 Å². The van der Waals surface area contributed by atoms with Gasteiger partial charge in [-0.3, -0.25) is 9.59 Å². The molecule has 3 aromatic rings. The number of pyridine rings is 1. The van der Waals surface area contributed by atoms with Gasteiger partial charge >= 0.3 is 0 Å². The van der Waals surface area contributed by atoms with Crippen LogP contribution in [-0.2, 0) is 19.5 Å². The summed E-state index contributed by atoms with van der Waals surface area (Å²) in [6, 6.07) is 12.6. The summed E-state index contributed by atoms with van der Waals surface area (Å²) in [6.07, 6.45) is 2.40. The summed E-state index contributed by atoms with van der Waals surface area (Å²) in [5.41, 5.74) is 3.44. The topological polar surface area (TPSA) is 81.0 Å². The summed E-state index contributed by atoms with van der Waals surface area (Å²) >= 11 is 0. The minimum atomic E-state index is -0.315. The number of benzene rings is 2. The Balaban J connectivity index is 1.43. The van der Waals surface area contributed by atoms with Crippen molar-refractivity contribution in [2.45, 2.75) is 26.4 Å². The standard InChI is InChI=1S/C24H22N2O5/c1-15-6-8-25(12-16-2-5-20-21(10-16)31-14-30-20)23(28)22(15)24(29)26-9-7-17-3-4-19(27)11-18(17)13-26/h2-6,8,10-11,27H,7,9,12-14H2,1H3. The molecule has 0 saturated heterocycles. The van der Waals surface area contributed by atoms with Crippen LogP contribution in [0.4, 0.5) is 0 Å². The van der Waals surface area contributed by atoms with Crippen LogP contribution in [0.15, 0.2) is 53.5 Å². The van der Waals surface area contributed by atoms with E-state index in [4.69, 9.17) is 9.47 Å². The van der Waals surface area contributed by atoms with Gasteiger partial charge < -0.3 is 24.0 Å². The van der Waals surface area contributed by atoms with Crippen molar-refractivity contribution in [2.24, 2.45) is 0 Å². The van der Waals surface area contributed by atoms with E-state index in [-0.39, 0.29) is 29.6 Å². The van der Waals surface area contributed by atoms with Gasteiger partial charge in [0.25, 0.3) is 11.5 Å². The molecule has 2 aromatic carbocycles. The Morgan fingerprint density at radius 1 is 1.06 bits per heavy atom. The van der Waals surface area contributed by atoms with Gasteiger partial charge in [0.15, 0.2) is 11.5 Å². The minimum absolute atomic E-state index is 0.176. The number of amides is 1. The van der Waals surface area contributed by atoms with Crippen molar-refractivity contribution in [3.8, 4) is 17.2 Å². The molecule has 1 amide bonds. The summed E-state index contributed by atoms with van der Waals surface area (Å²) in [4.78, 5) is 28.2. The molecular weight excluding hydrogens is 396 g/mol. The van der Waals surface area contributed by atoms with E-state index in [0.29, 0.717) is 43.1 Å². The van der Waals surface area contributed by atoms with E-state index in [1.165, 1.54) is 0 Å². The van der Waals surface area contributed by atoms with Gasteiger partial charge in [0.2, 0.25) is 6.79 Å². The van der Waals surface area contributed by atoms with Crippen LogP contribution in [0.3, 0.4) is 0 Å². The second-order valence-electron chi connectivity index (χ2n) is 7.92. The Hall–Kier alpha value is -3.74. The number of aromatic nitrogens is 1. The highest BCUT2D eigenvalue weighted by molar-refractivity contribution is 5.95. The van der Waals surface area contributed by atoms with Gasteiger partial charge in [-0.2, -0.15) is 0 Å². The third kappa shape index (κ3) is 3.52. The number of aromatic hydroxyl groups is 1. The van der Waals surface area contributed by atoms with Crippen LogP contribution in [0.5, 0.6) is 17.2 Å². The third-order valence-electron chi connectivity index (χ3n) is 5.87. The maximum atomic E-state index is 13.3. The highest BCUT2D eigenvalue weighted by Gasteiger charge is 2.26. The van der Waals surface area contributed by atoms with E-state index in [0.717, 1.165) is 16.7 Å². The van der Waals surface area contributed by atoms with E-state index in [2.05, 4.69) is 0 Å². The van der Waals surface area contributed by atoms with Crippen molar-refractivity contribution in [3.05, 3.63) is 86.8 Å². The molecule has 0 aliphatic carbocycles. The van der Waals surface area contributed by atoms with Gasteiger partial charge in [-0.1, -0.05) is 12.1 Å². The van der Waals surface area contributed by atoms with Crippen LogP contribution in [0.25, 0.3) is 0 Å². The van der Waals surface area contributed by atoms with E-state index in [9.17, 15) is 14.7 Å². The molecule has 0 unspecified atom stereocenters. The van der Waals surface area contributed by atoms with Crippen LogP contribution in [-0.4, -0.2) is 33.8 Å². The van der Waals surface area contributed by atoms with Crippen LogP contribution in [0, 0.1) is 6.92 Å². The van der Waals surface area contributed by atoms with Gasteiger partial charge in [-0.25, -0.2) is 0 Å². The number of nitrogens with zero attached hydrogens (tertiary/aromatic N) is 2. The number of aryl methyl sites for hydroxylation is 1. The largest absolute Gasteiger partial charge is 0.508 e. The summed E-state index contributed by atoms with van der Waals surface area (Å²) in [7, 11) is 0. The molecule has 1 N–H and O–H groups in total. The second-order valence-corrected chi connectivity index (χ2v) is 7.92. The molecule has 31 heavy (non-hydrogen) atoms. The molecule has 7 nitrogen and oxygen atoms in total. The first kappa shape index (κ1) is 19.2. The number of phenols is 1. The normalized spacial score (nSPS) is 14.4. The number of ether oxygens (including phenoxy) is 2. The molecule has 2 aliphatic heterocycles. The fourth-order valence-electron chi connectivity index (χ4n) is 4.16. The molecule has 158 valence electrons. The molecule has 1 aromatic heterocycles. The molecular formula is C24H22N2O5. The van der Waals surface area contributed by atoms with Gasteiger partial charge in [0.1, 0.15) is 11.3 Å². The zero-order chi connectivity index (χ0) is 21.5. The van der Waals surface area contributed by atoms with E-state index >= 15 is 0 Å². The lowest BCUT2D eigenvalue weighted by Crippen LogP contribution is -2.40. The maximum absolute atomic E-state index is 13.3. The highest BCUT2D eigenvalue weighted by atomic mass is 16.7. The summed E-state index contributed by atoms with van der Waals surface area (Å²) < 4.78 is 12.3. The molecule has 0 atom stereocenters. The molecule has 0 fully saturated rings. The van der Waals surface area contributed by atoms with Gasteiger partial charge in [0, 0.05) is 19.3 Å². The van der Waals surface area contributed by atoms with Crippen LogP contribution < -0.4 is 15.0 Å². The third-order valence-corrected chi connectivity index (χ3v) is 5.87. The van der Waals surface area contributed by atoms with Crippen molar-refractivity contribution in [1.29, 1.82) is 0 Å². The molecule has 0 bridgehead atoms. The minimum Gasteiger partial charge on any atom is -0.508 e. The number of hydrogen-bond acceptors (Lipinski definition) is 5. The first-order valence-corrected chi connectivity index (χ1v) is 10.2. The average Bonchev–Trinajstić information content (AvgIpc) is 3.23. The predicted octanol–water partition coefficient (Wildman–Crippen LogP) is 2.84. The predicted molar refractivity (Wildman–Crippen MR) is 114 cm³/mol. The van der Waals surface area contributed by atoms with Crippen molar-refractivity contribution in [1.82, 2.24) is 9.47 Å². The van der Waals surface area contributed by atoms with Crippen molar-refractivity contribution in [2.75, 3.05) is 13.3 Å². The molecule has 0 spiro atoms. The Bertz CT molecular complexity index is 1250. The van der Waals surface area contributed by atoms with Crippen LogP contribution in [0.1, 0.15) is 32.6 Å². The Morgan fingerprint density at radius 2 is 1.90 bits per heavy atom. The summed E-state index contributed by atoms with van der Waals surface area (Å²) in [5.74, 6) is 1.24. The molecule has 0 radical (unpaired) electrons. The molecule has 0 saturated carbocycles. The van der Waals surface area contributed by atoms with Crippen LogP contribution in [0.2, 0.25) is 0 Å². The number of phenolic OH excluding ortho intramolecular Hbond substituents is 1. The monoisotopic (exact) mass is 418 g/mol. The van der Waals surface area contributed by atoms with Gasteiger partial charge in [-0.15, -0.1) is 0 Å². The number of hydrogen-bond donors (Lipinski definition) is 1. The Morgan fingerprint density at radius 3 is 2.77 bits per heavy atom. The lowest BCUT2D eigenvalue weighted by molar-refractivity contribution is 0.0731. The number of fused-ring (bicyclic) bond motifs is 2. The second kappa shape index (κ2) is 7.50. The highest BCUT2D eigenvalue weighted by Crippen LogP contribution is 2.32. The molecule has 2 aliphatic rings. The SMILES string of the molecule is Cc1ccn(Cc2ccc3c(c2)OCO3)c(=O)c1C(=O)N1CCc2ccc(O)cc2C1. The summed E-state index contributed by atoms with van der Waals surface area (Å²) in [5, 5.41) is 9.78. The number of carbonyl (C=O) groups excluding carboxylic acids is 1. The molecule has 5 rings (SSSR count). The maximum Gasteiger partial charge on any atom is 0.263 e. The lowest BCUT2D eigenvalue weighted by Gasteiger charge is -2.29. The lowest BCUT2D eigenvalue weighted by atomic mass is 9.98. The van der Waals surface area contributed by atoms with Crippen molar-refractivity contribution < 1.29 is 19.4 Å². The number of rotatable bonds is 3. The first-order chi connectivity index (χ1) is 15.0. The van der Waals surface area contributed by atoms with E-state index in [1.54, 1.807) is 40.8 Å². The fourth-order valence-corrected chi connectivity index (χ4v) is 4.16. The van der Waals surface area contributed by atoms with Crippen molar-refractivity contribution >= 4 is 5.91 Å².